The average Bonchev–Trinajstić information content (AvgIpc) is 2.69. The molecule has 2 aromatic rings. The van der Waals surface area contributed by atoms with Gasteiger partial charge in [0.15, 0.2) is 0 Å². The van der Waals surface area contributed by atoms with Crippen LogP contribution in [-0.4, -0.2) is 62.7 Å². The molecule has 1 aromatic carbocycles. The number of carbonyl (C=O) groups is 1. The van der Waals surface area contributed by atoms with Crippen LogP contribution < -0.4 is 15.0 Å². The molecule has 6 heteroatoms. The summed E-state index contributed by atoms with van der Waals surface area (Å²) in [6, 6.07) is 11.6. The van der Waals surface area contributed by atoms with E-state index in [4.69, 9.17) is 4.74 Å². The van der Waals surface area contributed by atoms with Crippen LogP contribution in [0, 0.1) is 0 Å². The van der Waals surface area contributed by atoms with E-state index in [0.717, 1.165) is 49.7 Å². The predicted octanol–water partition coefficient (Wildman–Crippen LogP) is 1.81. The Morgan fingerprint density at radius 1 is 1.15 bits per heavy atom. The molecule has 1 saturated heterocycles. The number of nitrogens with one attached hydrogen (secondary N) is 1. The first-order valence-corrected chi connectivity index (χ1v) is 8.97. The fourth-order valence-electron chi connectivity index (χ4n) is 3.05. The number of rotatable bonds is 6. The molecule has 1 aliphatic rings. The van der Waals surface area contributed by atoms with Gasteiger partial charge in [-0.05, 0) is 43.3 Å². The highest BCUT2D eigenvalue weighted by molar-refractivity contribution is 5.98. The van der Waals surface area contributed by atoms with E-state index in [-0.39, 0.29) is 5.91 Å². The van der Waals surface area contributed by atoms with Crippen LogP contribution in [0.1, 0.15) is 15.9 Å². The number of anilines is 1. The molecule has 0 unspecified atom stereocenters. The third-order valence-corrected chi connectivity index (χ3v) is 4.69. The van der Waals surface area contributed by atoms with Crippen LogP contribution in [0.5, 0.6) is 5.75 Å². The van der Waals surface area contributed by atoms with Crippen molar-refractivity contribution in [2.75, 3.05) is 51.8 Å². The lowest BCUT2D eigenvalue weighted by Crippen LogP contribution is -2.45. The van der Waals surface area contributed by atoms with Crippen LogP contribution in [0.3, 0.4) is 0 Å². The summed E-state index contributed by atoms with van der Waals surface area (Å²) in [6.07, 6.45) is 2.53. The van der Waals surface area contributed by atoms with Crippen LogP contribution in [0.15, 0.2) is 42.6 Å². The summed E-state index contributed by atoms with van der Waals surface area (Å²) >= 11 is 0. The number of methoxy groups -OCH3 is 1. The molecule has 1 amide bonds. The fraction of sp³-hybridized carbons (Fsp3) is 0.400. The molecule has 0 spiro atoms. The summed E-state index contributed by atoms with van der Waals surface area (Å²) < 4.78 is 5.16. The third kappa shape index (κ3) is 4.52. The zero-order valence-electron chi connectivity index (χ0n) is 15.4. The lowest BCUT2D eigenvalue weighted by Gasteiger charge is -2.34. The third-order valence-electron chi connectivity index (χ3n) is 4.69. The number of likely N-dealkylation sites (N-methyl/N-ethyl adjacent to an activating group) is 1. The van der Waals surface area contributed by atoms with Crippen LogP contribution in [-0.2, 0) is 6.42 Å². The lowest BCUT2D eigenvalue weighted by molar-refractivity contribution is 0.0954. The van der Waals surface area contributed by atoms with Crippen molar-refractivity contribution in [1.82, 2.24) is 15.2 Å². The number of piperazine rings is 1. The van der Waals surface area contributed by atoms with Gasteiger partial charge in [0.2, 0.25) is 0 Å². The van der Waals surface area contributed by atoms with Gasteiger partial charge in [0.05, 0.1) is 12.7 Å². The fourth-order valence-corrected chi connectivity index (χ4v) is 3.05. The second kappa shape index (κ2) is 8.67. The van der Waals surface area contributed by atoms with E-state index in [2.05, 4.69) is 27.1 Å². The van der Waals surface area contributed by atoms with Crippen molar-refractivity contribution in [2.24, 2.45) is 0 Å². The van der Waals surface area contributed by atoms with Crippen molar-refractivity contribution in [3.63, 3.8) is 0 Å². The first-order chi connectivity index (χ1) is 12.7. The zero-order valence-corrected chi connectivity index (χ0v) is 15.4. The molecule has 0 saturated carbocycles. The Morgan fingerprint density at radius 3 is 2.58 bits per heavy atom. The number of amides is 1. The normalized spacial score (nSPS) is 14.9. The van der Waals surface area contributed by atoms with Crippen molar-refractivity contribution >= 4 is 11.7 Å². The Hall–Kier alpha value is -2.60. The standard InChI is InChI=1S/C20H26N4O2/c1-23-12-14-24(15-13-23)19-18(4-3-10-21-19)20(25)22-11-9-16-5-7-17(26-2)8-6-16/h3-8,10H,9,11-15H2,1-2H3,(H,22,25). The number of ether oxygens (including phenoxy) is 1. The second-order valence-electron chi connectivity index (χ2n) is 6.52. The zero-order chi connectivity index (χ0) is 18.4. The van der Waals surface area contributed by atoms with E-state index in [1.165, 1.54) is 0 Å². The van der Waals surface area contributed by atoms with E-state index in [9.17, 15) is 4.79 Å². The van der Waals surface area contributed by atoms with E-state index in [1.54, 1.807) is 13.3 Å². The molecule has 0 bridgehead atoms. The molecule has 0 radical (unpaired) electrons. The summed E-state index contributed by atoms with van der Waals surface area (Å²) in [5, 5.41) is 3.02. The Morgan fingerprint density at radius 2 is 1.88 bits per heavy atom. The molecule has 1 aliphatic heterocycles. The van der Waals surface area contributed by atoms with Gasteiger partial charge in [0, 0.05) is 38.9 Å². The number of pyridine rings is 1. The van der Waals surface area contributed by atoms with Gasteiger partial charge < -0.3 is 19.9 Å². The van der Waals surface area contributed by atoms with Crippen molar-refractivity contribution in [3.8, 4) is 5.75 Å². The van der Waals surface area contributed by atoms with Crippen LogP contribution in [0.4, 0.5) is 5.82 Å². The first-order valence-electron chi connectivity index (χ1n) is 8.97. The summed E-state index contributed by atoms with van der Waals surface area (Å²) in [7, 11) is 3.77. The number of aromatic nitrogens is 1. The Bertz CT molecular complexity index is 725. The van der Waals surface area contributed by atoms with Gasteiger partial charge >= 0.3 is 0 Å². The number of hydrogen-bond acceptors (Lipinski definition) is 5. The van der Waals surface area contributed by atoms with Crippen molar-refractivity contribution in [3.05, 3.63) is 53.7 Å². The Kier molecular flexibility index (Phi) is 6.07. The summed E-state index contributed by atoms with van der Waals surface area (Å²) in [5.41, 5.74) is 1.81. The molecule has 138 valence electrons. The van der Waals surface area contributed by atoms with Crippen LogP contribution >= 0.6 is 0 Å². The number of nitrogens with zero attached hydrogens (tertiary/aromatic N) is 3. The topological polar surface area (TPSA) is 57.7 Å². The molecular formula is C20H26N4O2. The molecular weight excluding hydrogens is 328 g/mol. The minimum Gasteiger partial charge on any atom is -0.497 e. The Balaban J connectivity index is 1.59. The van der Waals surface area contributed by atoms with E-state index < -0.39 is 0 Å². The molecule has 26 heavy (non-hydrogen) atoms. The van der Waals surface area contributed by atoms with Gasteiger partial charge in [-0.3, -0.25) is 4.79 Å². The largest absolute Gasteiger partial charge is 0.497 e. The van der Waals surface area contributed by atoms with Crippen LogP contribution in [0.25, 0.3) is 0 Å². The average molecular weight is 354 g/mol. The van der Waals surface area contributed by atoms with Crippen molar-refractivity contribution < 1.29 is 9.53 Å². The summed E-state index contributed by atoms with van der Waals surface area (Å²) in [4.78, 5) is 21.6. The molecule has 3 rings (SSSR count). The van der Waals surface area contributed by atoms with Crippen LogP contribution in [0.2, 0.25) is 0 Å². The van der Waals surface area contributed by atoms with Gasteiger partial charge in [-0.2, -0.15) is 0 Å². The highest BCUT2D eigenvalue weighted by Crippen LogP contribution is 2.18. The van der Waals surface area contributed by atoms with Gasteiger partial charge in [0.25, 0.3) is 5.91 Å². The highest BCUT2D eigenvalue weighted by atomic mass is 16.5. The van der Waals surface area contributed by atoms with Gasteiger partial charge in [-0.1, -0.05) is 12.1 Å². The first kappa shape index (κ1) is 18.2. The van der Waals surface area contributed by atoms with E-state index in [0.29, 0.717) is 12.1 Å². The number of benzene rings is 1. The molecule has 1 aromatic heterocycles. The minimum absolute atomic E-state index is 0.0689. The van der Waals surface area contributed by atoms with Gasteiger partial charge in [-0.15, -0.1) is 0 Å². The SMILES string of the molecule is COc1ccc(CCNC(=O)c2cccnc2N2CCN(C)CC2)cc1. The maximum absolute atomic E-state index is 12.7. The summed E-state index contributed by atoms with van der Waals surface area (Å²) in [5.74, 6) is 1.55. The van der Waals surface area contributed by atoms with Crippen molar-refractivity contribution in [1.29, 1.82) is 0 Å². The lowest BCUT2D eigenvalue weighted by atomic mass is 10.1. The molecule has 0 aliphatic carbocycles. The number of hydrogen-bond donors (Lipinski definition) is 1. The molecule has 6 nitrogen and oxygen atoms in total. The van der Waals surface area contributed by atoms with E-state index in [1.807, 2.05) is 36.4 Å². The quantitative estimate of drug-likeness (QED) is 0.857. The molecule has 2 heterocycles. The second-order valence-corrected chi connectivity index (χ2v) is 6.52. The predicted molar refractivity (Wildman–Crippen MR) is 103 cm³/mol. The number of carbonyl (C=O) groups excluding carboxylic acids is 1. The van der Waals surface area contributed by atoms with Gasteiger partial charge in [-0.25, -0.2) is 4.98 Å². The van der Waals surface area contributed by atoms with Crippen molar-refractivity contribution in [2.45, 2.75) is 6.42 Å². The Labute approximate surface area is 154 Å². The molecule has 1 fully saturated rings. The van der Waals surface area contributed by atoms with E-state index >= 15 is 0 Å². The van der Waals surface area contributed by atoms with Gasteiger partial charge in [0.1, 0.15) is 11.6 Å². The molecule has 1 N–H and O–H groups in total. The minimum atomic E-state index is -0.0689. The maximum atomic E-state index is 12.7. The maximum Gasteiger partial charge on any atom is 0.255 e. The summed E-state index contributed by atoms with van der Waals surface area (Å²) in [6.45, 7) is 4.33. The smallest absolute Gasteiger partial charge is 0.255 e. The molecule has 0 atom stereocenters. The highest BCUT2D eigenvalue weighted by Gasteiger charge is 2.20. The monoisotopic (exact) mass is 354 g/mol.